The molecule has 1 amide bonds. The molecule has 0 radical (unpaired) electrons. The first-order chi connectivity index (χ1) is 8.52. The van der Waals surface area contributed by atoms with Crippen LogP contribution in [0.5, 0.6) is 0 Å². The van der Waals surface area contributed by atoms with E-state index >= 15 is 0 Å². The fourth-order valence-electron chi connectivity index (χ4n) is 1.87. The molecular formula is C12H14ClF3N2O. The first-order valence-electron chi connectivity index (χ1n) is 5.68. The van der Waals surface area contributed by atoms with Crippen LogP contribution in [0, 0.1) is 23.4 Å². The lowest BCUT2D eigenvalue weighted by Gasteiger charge is -2.16. The first kappa shape index (κ1) is 15.8. The van der Waals surface area contributed by atoms with Gasteiger partial charge in [-0.2, -0.15) is 0 Å². The van der Waals surface area contributed by atoms with Crippen molar-refractivity contribution < 1.29 is 18.0 Å². The number of nitrogens with one attached hydrogen (secondary N) is 1. The van der Waals surface area contributed by atoms with Gasteiger partial charge in [-0.1, -0.05) is 0 Å². The highest BCUT2D eigenvalue weighted by molar-refractivity contribution is 5.95. The van der Waals surface area contributed by atoms with Crippen molar-refractivity contribution in [1.82, 2.24) is 5.32 Å². The average molecular weight is 295 g/mol. The Morgan fingerprint density at radius 1 is 1.32 bits per heavy atom. The highest BCUT2D eigenvalue weighted by atomic mass is 35.5. The van der Waals surface area contributed by atoms with E-state index in [1.807, 2.05) is 0 Å². The van der Waals surface area contributed by atoms with Gasteiger partial charge in [0.1, 0.15) is 23.0 Å². The molecule has 0 saturated heterocycles. The summed E-state index contributed by atoms with van der Waals surface area (Å²) in [5, 5.41) is 2.48. The van der Waals surface area contributed by atoms with E-state index in [1.54, 1.807) is 0 Å². The van der Waals surface area contributed by atoms with Gasteiger partial charge in [0.25, 0.3) is 5.91 Å². The van der Waals surface area contributed by atoms with Gasteiger partial charge in [-0.3, -0.25) is 4.79 Å². The summed E-state index contributed by atoms with van der Waals surface area (Å²) >= 11 is 0. The Balaban J connectivity index is 0.00000180. The predicted octanol–water partition coefficient (Wildman–Crippen LogP) is 1.99. The molecule has 3 nitrogen and oxygen atoms in total. The molecule has 106 valence electrons. The standard InChI is InChI=1S/C12H13F3N2O.ClH/c13-7-3-8(14)11(9(15)4-7)12(18)17-10(5-16)6-1-2-6;/h3-4,6,10H,1-2,5,16H2,(H,17,18);1H. The second-order valence-electron chi connectivity index (χ2n) is 4.40. The van der Waals surface area contributed by atoms with E-state index in [4.69, 9.17) is 5.73 Å². The Bertz CT molecular complexity index is 457. The largest absolute Gasteiger partial charge is 0.348 e. The fraction of sp³-hybridized carbons (Fsp3) is 0.417. The lowest BCUT2D eigenvalue weighted by molar-refractivity contribution is 0.0925. The van der Waals surface area contributed by atoms with Crippen LogP contribution in [0.15, 0.2) is 12.1 Å². The zero-order valence-corrected chi connectivity index (χ0v) is 10.8. The Labute approximate surface area is 114 Å². The Morgan fingerprint density at radius 3 is 2.26 bits per heavy atom. The summed E-state index contributed by atoms with van der Waals surface area (Å²) in [7, 11) is 0. The van der Waals surface area contributed by atoms with E-state index in [2.05, 4.69) is 5.32 Å². The van der Waals surface area contributed by atoms with Gasteiger partial charge in [0.15, 0.2) is 0 Å². The number of rotatable bonds is 4. The van der Waals surface area contributed by atoms with Crippen LogP contribution < -0.4 is 11.1 Å². The Morgan fingerprint density at radius 2 is 1.84 bits per heavy atom. The minimum Gasteiger partial charge on any atom is -0.348 e. The van der Waals surface area contributed by atoms with Crippen LogP contribution in [-0.4, -0.2) is 18.5 Å². The van der Waals surface area contributed by atoms with Gasteiger partial charge in [0.05, 0.1) is 0 Å². The molecule has 1 atom stereocenters. The van der Waals surface area contributed by atoms with Crippen LogP contribution in [0.2, 0.25) is 0 Å². The van der Waals surface area contributed by atoms with E-state index < -0.39 is 28.9 Å². The molecule has 1 aromatic carbocycles. The number of hydrogen-bond acceptors (Lipinski definition) is 2. The summed E-state index contributed by atoms with van der Waals surface area (Å²) in [5.74, 6) is -4.11. The number of carbonyl (C=O) groups excluding carboxylic acids is 1. The Hall–Kier alpha value is -1.27. The molecule has 1 saturated carbocycles. The van der Waals surface area contributed by atoms with Gasteiger partial charge in [0, 0.05) is 24.7 Å². The highest BCUT2D eigenvalue weighted by Crippen LogP contribution is 2.32. The zero-order valence-electron chi connectivity index (χ0n) is 9.96. The number of nitrogens with two attached hydrogens (primary N) is 1. The number of benzene rings is 1. The lowest BCUT2D eigenvalue weighted by atomic mass is 10.1. The molecule has 1 aromatic rings. The van der Waals surface area contributed by atoms with Gasteiger partial charge in [-0.15, -0.1) is 12.4 Å². The van der Waals surface area contributed by atoms with Crippen molar-refractivity contribution in [1.29, 1.82) is 0 Å². The number of halogens is 4. The smallest absolute Gasteiger partial charge is 0.257 e. The molecule has 3 N–H and O–H groups in total. The molecule has 1 unspecified atom stereocenters. The molecule has 0 aliphatic heterocycles. The summed E-state index contributed by atoms with van der Waals surface area (Å²) in [6, 6.07) is 0.667. The van der Waals surface area contributed by atoms with E-state index in [-0.39, 0.29) is 30.9 Å². The van der Waals surface area contributed by atoms with Crippen LogP contribution >= 0.6 is 12.4 Å². The maximum absolute atomic E-state index is 13.4. The van der Waals surface area contributed by atoms with Crippen molar-refractivity contribution in [2.45, 2.75) is 18.9 Å². The zero-order chi connectivity index (χ0) is 13.3. The first-order valence-corrected chi connectivity index (χ1v) is 5.68. The molecule has 0 spiro atoms. The third kappa shape index (κ3) is 3.61. The molecule has 19 heavy (non-hydrogen) atoms. The summed E-state index contributed by atoms with van der Waals surface area (Å²) < 4.78 is 39.4. The SMILES string of the molecule is Cl.NCC(NC(=O)c1c(F)cc(F)cc1F)C1CC1. The molecule has 1 aliphatic rings. The van der Waals surface area contributed by atoms with Crippen molar-refractivity contribution in [3.05, 3.63) is 35.1 Å². The second kappa shape index (κ2) is 6.25. The van der Waals surface area contributed by atoms with Gasteiger partial charge in [-0.25, -0.2) is 13.2 Å². The minimum atomic E-state index is -1.21. The third-order valence-corrected chi connectivity index (χ3v) is 3.00. The monoisotopic (exact) mass is 294 g/mol. The quantitative estimate of drug-likeness (QED) is 0.892. The lowest BCUT2D eigenvalue weighted by Crippen LogP contribution is -2.42. The maximum Gasteiger partial charge on any atom is 0.257 e. The van der Waals surface area contributed by atoms with Crippen LogP contribution in [0.4, 0.5) is 13.2 Å². The van der Waals surface area contributed by atoms with Crippen LogP contribution in [0.1, 0.15) is 23.2 Å². The van der Waals surface area contributed by atoms with Crippen LogP contribution in [0.3, 0.4) is 0 Å². The summed E-state index contributed by atoms with van der Waals surface area (Å²) in [6.07, 6.45) is 1.88. The van der Waals surface area contributed by atoms with Crippen molar-refractivity contribution in [3.63, 3.8) is 0 Å². The van der Waals surface area contributed by atoms with Gasteiger partial charge < -0.3 is 11.1 Å². The number of carbonyl (C=O) groups is 1. The third-order valence-electron chi connectivity index (χ3n) is 3.00. The highest BCUT2D eigenvalue weighted by Gasteiger charge is 2.32. The van der Waals surface area contributed by atoms with Crippen molar-refractivity contribution >= 4 is 18.3 Å². The van der Waals surface area contributed by atoms with Gasteiger partial charge >= 0.3 is 0 Å². The summed E-state index contributed by atoms with van der Waals surface area (Å²) in [6.45, 7) is 0.209. The normalized spacial score (nSPS) is 15.6. The van der Waals surface area contributed by atoms with Gasteiger partial charge in [-0.05, 0) is 18.8 Å². The molecule has 0 aromatic heterocycles. The molecule has 1 fully saturated rings. The summed E-state index contributed by atoms with van der Waals surface area (Å²) in [5.41, 5.74) is 4.71. The Kier molecular flexibility index (Phi) is 5.20. The van der Waals surface area contributed by atoms with E-state index in [0.29, 0.717) is 12.1 Å². The number of hydrogen-bond donors (Lipinski definition) is 2. The van der Waals surface area contributed by atoms with Crippen LogP contribution in [0.25, 0.3) is 0 Å². The molecule has 0 heterocycles. The average Bonchev–Trinajstić information content (AvgIpc) is 3.08. The second-order valence-corrected chi connectivity index (χ2v) is 4.40. The van der Waals surface area contributed by atoms with E-state index in [9.17, 15) is 18.0 Å². The maximum atomic E-state index is 13.4. The van der Waals surface area contributed by atoms with E-state index in [1.165, 1.54) is 0 Å². The predicted molar refractivity (Wildman–Crippen MR) is 66.6 cm³/mol. The van der Waals surface area contributed by atoms with Crippen molar-refractivity contribution in [2.75, 3.05) is 6.54 Å². The van der Waals surface area contributed by atoms with Crippen molar-refractivity contribution in [3.8, 4) is 0 Å². The molecule has 7 heteroatoms. The van der Waals surface area contributed by atoms with Crippen molar-refractivity contribution in [2.24, 2.45) is 11.7 Å². The molecule has 1 aliphatic carbocycles. The van der Waals surface area contributed by atoms with E-state index in [0.717, 1.165) is 12.8 Å². The molecule has 0 bridgehead atoms. The van der Waals surface area contributed by atoms with Gasteiger partial charge in [0.2, 0.25) is 0 Å². The minimum absolute atomic E-state index is 0. The molecule has 2 rings (SSSR count). The van der Waals surface area contributed by atoms with Crippen LogP contribution in [-0.2, 0) is 0 Å². The summed E-state index contributed by atoms with van der Waals surface area (Å²) in [4.78, 5) is 11.7. The number of amides is 1. The topological polar surface area (TPSA) is 55.1 Å². The fourth-order valence-corrected chi connectivity index (χ4v) is 1.87. The molecular weight excluding hydrogens is 281 g/mol.